The van der Waals surface area contributed by atoms with Crippen molar-refractivity contribution in [1.82, 2.24) is 0 Å². The summed E-state index contributed by atoms with van der Waals surface area (Å²) in [5.41, 5.74) is 0. The molecule has 14 heavy (non-hydrogen) atoms. The van der Waals surface area contributed by atoms with E-state index in [0.29, 0.717) is 0 Å². The number of aliphatic hydroxyl groups excluding tert-OH is 1. The Morgan fingerprint density at radius 1 is 1.64 bits per heavy atom. The Bertz CT molecular complexity index is 187. The molecule has 0 radical (unpaired) electrons. The number of thioether (sulfide) groups is 1. The van der Waals surface area contributed by atoms with E-state index in [1.165, 1.54) is 6.92 Å². The highest BCUT2D eigenvalue weighted by atomic mass is 32.2. The molecule has 0 saturated carbocycles. The standard InChI is InChI=1S/C8H14F2O3S/c1-3-13-7(12)8(9,10)5-14-6(2)4-11/h6,11H,3-5H2,1-2H3. The highest BCUT2D eigenvalue weighted by Crippen LogP contribution is 2.24. The van der Waals surface area contributed by atoms with Gasteiger partial charge in [-0.1, -0.05) is 6.92 Å². The minimum atomic E-state index is -3.47. The van der Waals surface area contributed by atoms with Gasteiger partial charge in [0.25, 0.3) is 0 Å². The number of carbonyl (C=O) groups is 1. The molecule has 0 aliphatic carbocycles. The minimum absolute atomic E-state index is 0.0609. The molecule has 0 aliphatic heterocycles. The van der Waals surface area contributed by atoms with Crippen molar-refractivity contribution >= 4 is 17.7 Å². The van der Waals surface area contributed by atoms with Gasteiger partial charge in [0.15, 0.2) is 0 Å². The lowest BCUT2D eigenvalue weighted by Gasteiger charge is -2.15. The lowest BCUT2D eigenvalue weighted by molar-refractivity contribution is -0.167. The molecule has 0 heterocycles. The molecule has 0 bridgehead atoms. The van der Waals surface area contributed by atoms with E-state index in [9.17, 15) is 13.6 Å². The zero-order chi connectivity index (χ0) is 11.2. The van der Waals surface area contributed by atoms with Crippen LogP contribution in [-0.2, 0) is 9.53 Å². The molecule has 1 atom stereocenters. The van der Waals surface area contributed by atoms with Gasteiger partial charge in [-0.2, -0.15) is 8.78 Å². The second kappa shape index (κ2) is 6.19. The first-order valence-corrected chi connectivity index (χ1v) is 5.26. The summed E-state index contributed by atoms with van der Waals surface area (Å²) in [6.07, 6.45) is 0. The quantitative estimate of drug-likeness (QED) is 0.696. The van der Waals surface area contributed by atoms with Gasteiger partial charge in [-0.25, -0.2) is 4.79 Å². The first-order valence-electron chi connectivity index (χ1n) is 4.21. The van der Waals surface area contributed by atoms with Gasteiger partial charge in [0, 0.05) is 5.25 Å². The second-order valence-corrected chi connectivity index (χ2v) is 4.16. The molecule has 6 heteroatoms. The normalized spacial score (nSPS) is 13.8. The third-order valence-electron chi connectivity index (χ3n) is 1.38. The molecule has 0 aliphatic rings. The van der Waals surface area contributed by atoms with Crippen molar-refractivity contribution in [2.75, 3.05) is 19.0 Å². The van der Waals surface area contributed by atoms with Crippen LogP contribution in [-0.4, -0.2) is 41.2 Å². The average Bonchev–Trinajstić information content (AvgIpc) is 2.14. The highest BCUT2D eigenvalue weighted by molar-refractivity contribution is 8.00. The predicted octanol–water partition coefficient (Wildman–Crippen LogP) is 1.30. The number of halogens is 2. The fraction of sp³-hybridized carbons (Fsp3) is 0.875. The smallest absolute Gasteiger partial charge is 0.377 e. The van der Waals surface area contributed by atoms with E-state index in [1.54, 1.807) is 6.92 Å². The Balaban J connectivity index is 3.99. The molecule has 0 saturated heterocycles. The minimum Gasteiger partial charge on any atom is -0.462 e. The van der Waals surface area contributed by atoms with Gasteiger partial charge in [-0.05, 0) is 6.92 Å². The summed E-state index contributed by atoms with van der Waals surface area (Å²) in [6.45, 7) is 2.82. The largest absolute Gasteiger partial charge is 0.462 e. The Kier molecular flexibility index (Phi) is 6.03. The number of rotatable bonds is 6. The molecule has 84 valence electrons. The molecule has 0 aromatic carbocycles. The number of alkyl halides is 2. The number of hydrogen-bond acceptors (Lipinski definition) is 4. The topological polar surface area (TPSA) is 46.5 Å². The number of carbonyl (C=O) groups excluding carboxylic acids is 1. The summed E-state index contributed by atoms with van der Waals surface area (Å²) in [5.74, 6) is -5.63. The fourth-order valence-corrected chi connectivity index (χ4v) is 1.31. The van der Waals surface area contributed by atoms with Crippen molar-refractivity contribution in [2.24, 2.45) is 0 Å². The first-order chi connectivity index (χ1) is 6.44. The van der Waals surface area contributed by atoms with E-state index in [0.717, 1.165) is 11.8 Å². The molecule has 0 rings (SSSR count). The zero-order valence-corrected chi connectivity index (χ0v) is 8.94. The van der Waals surface area contributed by atoms with E-state index in [2.05, 4.69) is 4.74 Å². The third kappa shape index (κ3) is 4.76. The van der Waals surface area contributed by atoms with Crippen molar-refractivity contribution in [2.45, 2.75) is 25.0 Å². The Labute approximate surface area is 85.8 Å². The summed E-state index contributed by atoms with van der Waals surface area (Å²) in [7, 11) is 0. The summed E-state index contributed by atoms with van der Waals surface area (Å²) in [4.78, 5) is 10.7. The summed E-state index contributed by atoms with van der Waals surface area (Å²) >= 11 is 0.837. The molecule has 0 aromatic rings. The van der Waals surface area contributed by atoms with Gasteiger partial charge in [0.2, 0.25) is 0 Å². The summed E-state index contributed by atoms with van der Waals surface area (Å²) in [5, 5.41) is 8.28. The van der Waals surface area contributed by atoms with Crippen LogP contribution in [0.4, 0.5) is 8.78 Å². The van der Waals surface area contributed by atoms with Crippen molar-refractivity contribution in [3.05, 3.63) is 0 Å². The first kappa shape index (κ1) is 13.6. The average molecular weight is 228 g/mol. The maximum absolute atomic E-state index is 12.9. The van der Waals surface area contributed by atoms with E-state index in [4.69, 9.17) is 5.11 Å². The van der Waals surface area contributed by atoms with Crippen molar-refractivity contribution in [3.63, 3.8) is 0 Å². The maximum atomic E-state index is 12.9. The lowest BCUT2D eigenvalue weighted by atomic mass is 10.4. The van der Waals surface area contributed by atoms with Crippen LogP contribution in [0.15, 0.2) is 0 Å². The van der Waals surface area contributed by atoms with Crippen LogP contribution in [0, 0.1) is 0 Å². The second-order valence-electron chi connectivity index (χ2n) is 2.73. The number of ether oxygens (including phenoxy) is 1. The summed E-state index contributed by atoms with van der Waals surface area (Å²) < 4.78 is 30.1. The molecule has 3 nitrogen and oxygen atoms in total. The van der Waals surface area contributed by atoms with Crippen LogP contribution in [0.1, 0.15) is 13.8 Å². The predicted molar refractivity (Wildman–Crippen MR) is 50.6 cm³/mol. The van der Waals surface area contributed by atoms with Crippen LogP contribution >= 0.6 is 11.8 Å². The molecular formula is C8H14F2O3S. The Morgan fingerprint density at radius 2 is 2.21 bits per heavy atom. The zero-order valence-electron chi connectivity index (χ0n) is 8.13. The molecular weight excluding hydrogens is 214 g/mol. The molecule has 0 spiro atoms. The van der Waals surface area contributed by atoms with E-state index >= 15 is 0 Å². The van der Waals surface area contributed by atoms with Crippen LogP contribution in [0.2, 0.25) is 0 Å². The van der Waals surface area contributed by atoms with Crippen LogP contribution < -0.4 is 0 Å². The van der Waals surface area contributed by atoms with E-state index < -0.39 is 17.6 Å². The number of esters is 1. The van der Waals surface area contributed by atoms with Gasteiger partial charge in [-0.3, -0.25) is 0 Å². The van der Waals surface area contributed by atoms with Crippen LogP contribution in [0.5, 0.6) is 0 Å². The molecule has 1 N–H and O–H groups in total. The lowest BCUT2D eigenvalue weighted by Crippen LogP contribution is -2.34. The van der Waals surface area contributed by atoms with Gasteiger partial charge in [0.1, 0.15) is 0 Å². The van der Waals surface area contributed by atoms with Crippen LogP contribution in [0.25, 0.3) is 0 Å². The molecule has 0 fully saturated rings. The van der Waals surface area contributed by atoms with E-state index in [1.807, 2.05) is 0 Å². The van der Waals surface area contributed by atoms with Crippen molar-refractivity contribution < 1.29 is 23.4 Å². The molecule has 0 aromatic heterocycles. The SMILES string of the molecule is CCOC(=O)C(F)(F)CSC(C)CO. The van der Waals surface area contributed by atoms with Gasteiger partial charge < -0.3 is 9.84 Å². The number of hydrogen-bond donors (Lipinski definition) is 1. The monoisotopic (exact) mass is 228 g/mol. The third-order valence-corrected chi connectivity index (χ3v) is 2.63. The van der Waals surface area contributed by atoms with Gasteiger partial charge in [0.05, 0.1) is 19.0 Å². The van der Waals surface area contributed by atoms with E-state index in [-0.39, 0.29) is 18.5 Å². The summed E-state index contributed by atoms with van der Waals surface area (Å²) in [6, 6.07) is 0. The Morgan fingerprint density at radius 3 is 2.64 bits per heavy atom. The van der Waals surface area contributed by atoms with Crippen molar-refractivity contribution in [3.8, 4) is 0 Å². The molecule has 1 unspecified atom stereocenters. The van der Waals surface area contributed by atoms with Crippen LogP contribution in [0.3, 0.4) is 0 Å². The highest BCUT2D eigenvalue weighted by Gasteiger charge is 2.40. The van der Waals surface area contributed by atoms with Gasteiger partial charge >= 0.3 is 11.9 Å². The van der Waals surface area contributed by atoms with Gasteiger partial charge in [-0.15, -0.1) is 11.8 Å². The number of aliphatic hydroxyl groups is 1. The molecule has 0 amide bonds. The maximum Gasteiger partial charge on any atom is 0.377 e. The Hall–Kier alpha value is -0.360. The van der Waals surface area contributed by atoms with Crippen molar-refractivity contribution in [1.29, 1.82) is 0 Å². The fourth-order valence-electron chi connectivity index (χ4n) is 0.595.